The molecule has 1 atom stereocenters. The smallest absolute Gasteiger partial charge is 0.412 e. The summed E-state index contributed by atoms with van der Waals surface area (Å²) in [6.07, 6.45) is 2.86. The van der Waals surface area contributed by atoms with E-state index in [-0.39, 0.29) is 11.7 Å². The van der Waals surface area contributed by atoms with Crippen molar-refractivity contribution in [3.05, 3.63) is 92.9 Å². The maximum absolute atomic E-state index is 12.9. The zero-order chi connectivity index (χ0) is 27.9. The first-order valence-electron chi connectivity index (χ1n) is 12.0. The van der Waals surface area contributed by atoms with E-state index in [4.69, 9.17) is 10.5 Å². The van der Waals surface area contributed by atoms with Gasteiger partial charge in [-0.05, 0) is 78.2 Å². The van der Waals surface area contributed by atoms with Gasteiger partial charge in [-0.25, -0.2) is 4.79 Å². The number of nitrogens with two attached hydrogens (primary N) is 1. The van der Waals surface area contributed by atoms with Gasteiger partial charge in [-0.15, -0.1) is 0 Å². The summed E-state index contributed by atoms with van der Waals surface area (Å²) in [6.45, 7) is 5.86. The van der Waals surface area contributed by atoms with Crippen LogP contribution in [0, 0.1) is 12.3 Å². The number of benzene rings is 3. The molecule has 0 aliphatic heterocycles. The number of halogens is 2. The van der Waals surface area contributed by atoms with Crippen LogP contribution < -0.4 is 16.4 Å². The van der Waals surface area contributed by atoms with Crippen LogP contribution in [0.15, 0.2) is 81.8 Å². The molecule has 0 radical (unpaired) electrons. The van der Waals surface area contributed by atoms with E-state index >= 15 is 0 Å². The minimum absolute atomic E-state index is 0.00946. The minimum atomic E-state index is -0.798. The lowest BCUT2D eigenvalue weighted by atomic mass is 9.78. The number of hydrogen-bond acceptors (Lipinski definition) is 5. The average Bonchev–Trinajstić information content (AvgIpc) is 2.85. The third-order valence-electron chi connectivity index (χ3n) is 6.02. The van der Waals surface area contributed by atoms with Gasteiger partial charge in [-0.3, -0.25) is 10.1 Å². The van der Waals surface area contributed by atoms with Crippen LogP contribution in [0.5, 0.6) is 5.75 Å². The van der Waals surface area contributed by atoms with Gasteiger partial charge in [0.2, 0.25) is 5.91 Å². The molecule has 0 saturated carbocycles. The zero-order valence-electron chi connectivity index (χ0n) is 21.4. The van der Waals surface area contributed by atoms with Crippen molar-refractivity contribution in [2.75, 3.05) is 16.4 Å². The summed E-state index contributed by atoms with van der Waals surface area (Å²) in [6, 6.07) is 17.9. The molecule has 0 saturated heterocycles. The van der Waals surface area contributed by atoms with E-state index in [2.05, 4.69) is 42.5 Å². The quantitative estimate of drug-likeness (QED) is 0.139. The number of carbonyl (C=O) groups is 2. The summed E-state index contributed by atoms with van der Waals surface area (Å²) in [5.74, 6) is -0.302. The highest BCUT2D eigenvalue weighted by Gasteiger charge is 2.36. The molecule has 0 heterocycles. The lowest BCUT2D eigenvalue weighted by molar-refractivity contribution is -0.111. The number of nitrogens with one attached hydrogen (secondary N) is 2. The molecule has 3 rings (SSSR count). The number of aryl methyl sites for hydroxylation is 1. The van der Waals surface area contributed by atoms with E-state index in [9.17, 15) is 14.7 Å². The first kappa shape index (κ1) is 29.3. The van der Waals surface area contributed by atoms with Crippen molar-refractivity contribution in [2.24, 2.45) is 5.41 Å². The van der Waals surface area contributed by atoms with Crippen LogP contribution in [0.1, 0.15) is 43.9 Å². The van der Waals surface area contributed by atoms with Crippen LogP contribution in [-0.4, -0.2) is 17.1 Å². The molecule has 38 heavy (non-hydrogen) atoms. The number of anilines is 3. The summed E-state index contributed by atoms with van der Waals surface area (Å²) >= 11 is 6.83. The molecule has 0 fully saturated rings. The standard InChI is InChI=1S/C29H31Br2N3O4/c1-18-11-13-20(14-12-18)33-28(37)38-27(21-16-19(30)17-22(31)26(21)36)29(2,3)15-7-6-10-25(35)34-24-9-5-4-8-23(24)32/h4-6,8-14,16-17,27,36H,7,15,32H2,1-3H3,(H,33,37)(H,34,35)/b10-6+/t27-/m1/s1. The number of hydrogen-bond donors (Lipinski definition) is 4. The van der Waals surface area contributed by atoms with Crippen molar-refractivity contribution in [1.29, 1.82) is 0 Å². The molecular weight excluding hydrogens is 614 g/mol. The summed E-state index contributed by atoms with van der Waals surface area (Å²) in [5.41, 5.74) is 8.43. The van der Waals surface area contributed by atoms with Crippen molar-refractivity contribution < 1.29 is 19.4 Å². The van der Waals surface area contributed by atoms with Crippen LogP contribution in [0.3, 0.4) is 0 Å². The van der Waals surface area contributed by atoms with Gasteiger partial charge >= 0.3 is 6.09 Å². The molecule has 7 nitrogen and oxygen atoms in total. The van der Waals surface area contributed by atoms with Crippen molar-refractivity contribution >= 4 is 60.9 Å². The second-order valence-electron chi connectivity index (χ2n) is 9.61. The first-order chi connectivity index (χ1) is 18.0. The Morgan fingerprint density at radius 2 is 1.76 bits per heavy atom. The van der Waals surface area contributed by atoms with E-state index in [1.165, 1.54) is 6.08 Å². The van der Waals surface area contributed by atoms with E-state index in [0.29, 0.717) is 39.9 Å². The summed E-state index contributed by atoms with van der Waals surface area (Å²) < 4.78 is 7.12. The number of carbonyl (C=O) groups excluding carboxylic acids is 2. The van der Waals surface area contributed by atoms with Gasteiger partial charge in [0, 0.05) is 21.1 Å². The topological polar surface area (TPSA) is 114 Å². The normalized spacial score (nSPS) is 12.2. The third kappa shape index (κ3) is 8.10. The Kier molecular flexibility index (Phi) is 9.99. The second kappa shape index (κ2) is 13.0. The van der Waals surface area contributed by atoms with Gasteiger partial charge < -0.3 is 20.9 Å². The largest absolute Gasteiger partial charge is 0.506 e. The van der Waals surface area contributed by atoms with Crippen LogP contribution >= 0.6 is 31.9 Å². The SMILES string of the molecule is Cc1ccc(NC(=O)O[C@H](c2cc(Br)cc(Br)c2O)C(C)(C)CC/C=C/C(=O)Nc2ccccc2N)cc1. The molecule has 3 aromatic carbocycles. The molecule has 0 aliphatic rings. The summed E-state index contributed by atoms with van der Waals surface area (Å²) in [4.78, 5) is 25.2. The van der Waals surface area contributed by atoms with Crippen molar-refractivity contribution in [1.82, 2.24) is 0 Å². The summed E-state index contributed by atoms with van der Waals surface area (Å²) in [5, 5.41) is 16.4. The van der Waals surface area contributed by atoms with Crippen LogP contribution in [-0.2, 0) is 9.53 Å². The highest BCUT2D eigenvalue weighted by atomic mass is 79.9. The molecule has 9 heteroatoms. The molecule has 0 unspecified atom stereocenters. The number of allylic oxidation sites excluding steroid dienone is 1. The lowest BCUT2D eigenvalue weighted by Crippen LogP contribution is -2.29. The molecule has 5 N–H and O–H groups in total. The predicted octanol–water partition coefficient (Wildman–Crippen LogP) is 8.10. The van der Waals surface area contributed by atoms with Crippen LogP contribution in [0.25, 0.3) is 0 Å². The fraction of sp³-hybridized carbons (Fsp3) is 0.241. The lowest BCUT2D eigenvalue weighted by Gasteiger charge is -2.34. The Hall–Kier alpha value is -3.30. The number of amides is 2. The van der Waals surface area contributed by atoms with Crippen LogP contribution in [0.2, 0.25) is 0 Å². The zero-order valence-corrected chi connectivity index (χ0v) is 24.6. The highest BCUT2D eigenvalue weighted by molar-refractivity contribution is 9.11. The number of phenols is 1. The third-order valence-corrected chi connectivity index (χ3v) is 7.08. The fourth-order valence-electron chi connectivity index (χ4n) is 3.88. The number of para-hydroxylation sites is 2. The second-order valence-corrected chi connectivity index (χ2v) is 11.4. The number of aromatic hydroxyl groups is 1. The van der Waals surface area contributed by atoms with Gasteiger partial charge in [0.05, 0.1) is 15.8 Å². The molecule has 2 amide bonds. The Balaban J connectivity index is 1.75. The molecule has 3 aromatic rings. The molecular formula is C29H31Br2N3O4. The number of ether oxygens (including phenoxy) is 1. The maximum Gasteiger partial charge on any atom is 0.412 e. The molecule has 0 bridgehead atoms. The minimum Gasteiger partial charge on any atom is -0.506 e. The number of nitrogen functional groups attached to an aromatic ring is 1. The van der Waals surface area contributed by atoms with Gasteiger partial charge in [0.1, 0.15) is 11.9 Å². The Bertz CT molecular complexity index is 1320. The van der Waals surface area contributed by atoms with Gasteiger partial charge in [0.25, 0.3) is 0 Å². The van der Waals surface area contributed by atoms with E-state index < -0.39 is 17.6 Å². The Labute approximate surface area is 239 Å². The van der Waals surface area contributed by atoms with Gasteiger partial charge in [-0.2, -0.15) is 0 Å². The molecule has 200 valence electrons. The molecule has 0 aromatic heterocycles. The number of rotatable bonds is 9. The van der Waals surface area contributed by atoms with Gasteiger partial charge in [-0.1, -0.05) is 65.7 Å². The van der Waals surface area contributed by atoms with E-state index in [1.807, 2.05) is 32.9 Å². The molecule has 0 aliphatic carbocycles. The maximum atomic E-state index is 12.9. The van der Waals surface area contributed by atoms with E-state index in [0.717, 1.165) is 10.0 Å². The highest BCUT2D eigenvalue weighted by Crippen LogP contribution is 2.46. The first-order valence-corrected chi connectivity index (χ1v) is 13.6. The van der Waals surface area contributed by atoms with Crippen molar-refractivity contribution in [2.45, 2.75) is 39.7 Å². The molecule has 0 spiro atoms. The Morgan fingerprint density at radius 3 is 2.45 bits per heavy atom. The van der Waals surface area contributed by atoms with E-state index in [1.54, 1.807) is 54.6 Å². The van der Waals surface area contributed by atoms with Crippen molar-refractivity contribution in [3.8, 4) is 5.75 Å². The van der Waals surface area contributed by atoms with Crippen LogP contribution in [0.4, 0.5) is 21.9 Å². The Morgan fingerprint density at radius 1 is 1.08 bits per heavy atom. The predicted molar refractivity (Wildman–Crippen MR) is 159 cm³/mol. The average molecular weight is 645 g/mol. The fourth-order valence-corrected chi connectivity index (χ4v) is 5.14. The summed E-state index contributed by atoms with van der Waals surface area (Å²) in [7, 11) is 0. The van der Waals surface area contributed by atoms with Crippen molar-refractivity contribution in [3.63, 3.8) is 0 Å². The monoisotopic (exact) mass is 643 g/mol. The van der Waals surface area contributed by atoms with Gasteiger partial charge in [0.15, 0.2) is 0 Å². The number of phenolic OH excluding ortho intramolecular Hbond substituents is 1.